The largest absolute Gasteiger partial charge is 0.479 e. The summed E-state index contributed by atoms with van der Waals surface area (Å²) in [5.74, 6) is -1.39. The van der Waals surface area contributed by atoms with Gasteiger partial charge >= 0.3 is 11.7 Å². The van der Waals surface area contributed by atoms with Crippen LogP contribution in [0.2, 0.25) is 0 Å². The molecule has 1 rings (SSSR count). The first-order valence-electron chi connectivity index (χ1n) is 5.67. The Balaban J connectivity index is 3.32. The minimum atomic E-state index is -1.18. The van der Waals surface area contributed by atoms with Crippen molar-refractivity contribution in [1.82, 2.24) is 0 Å². The summed E-state index contributed by atoms with van der Waals surface area (Å²) in [7, 11) is 0. The molecule has 0 amide bonds. The number of rotatable bonds is 6. The topological polar surface area (TPSA) is 89.7 Å². The van der Waals surface area contributed by atoms with Gasteiger partial charge in [0.25, 0.3) is 0 Å². The highest BCUT2D eigenvalue weighted by Crippen LogP contribution is 2.36. The summed E-state index contributed by atoms with van der Waals surface area (Å²) >= 11 is 0. The van der Waals surface area contributed by atoms with E-state index in [-0.39, 0.29) is 17.4 Å². The summed E-state index contributed by atoms with van der Waals surface area (Å²) in [6, 6.07) is 4.47. The normalized spacial score (nSPS) is 13.4. The van der Waals surface area contributed by atoms with Gasteiger partial charge in [0.1, 0.15) is 0 Å². The molecule has 0 aromatic heterocycles. The number of carbonyl (C=O) groups is 1. The van der Waals surface area contributed by atoms with Crippen molar-refractivity contribution in [3.8, 4) is 5.75 Å². The Kier molecular flexibility index (Phi) is 4.63. The number of allylic oxidation sites excluding steroid dienone is 1. The van der Waals surface area contributed by atoms with E-state index in [4.69, 9.17) is 9.84 Å². The molecule has 0 saturated carbocycles. The van der Waals surface area contributed by atoms with E-state index in [0.29, 0.717) is 5.56 Å². The van der Waals surface area contributed by atoms with E-state index in [1.54, 1.807) is 19.1 Å². The highest BCUT2D eigenvalue weighted by Gasteiger charge is 2.25. The van der Waals surface area contributed by atoms with Crippen molar-refractivity contribution < 1.29 is 19.6 Å². The zero-order chi connectivity index (χ0) is 14.6. The number of para-hydroxylation sites is 1. The first kappa shape index (κ1) is 14.7. The van der Waals surface area contributed by atoms with Gasteiger partial charge in [-0.15, -0.1) is 6.58 Å². The third-order valence-corrected chi connectivity index (χ3v) is 2.71. The average molecular weight is 265 g/mol. The maximum Gasteiger partial charge on any atom is 0.344 e. The Bertz CT molecular complexity index is 512. The first-order chi connectivity index (χ1) is 8.88. The van der Waals surface area contributed by atoms with Crippen molar-refractivity contribution in [2.45, 2.75) is 25.9 Å². The van der Waals surface area contributed by atoms with Crippen LogP contribution in [0.3, 0.4) is 0 Å². The molecule has 1 aromatic rings. The highest BCUT2D eigenvalue weighted by molar-refractivity contribution is 5.72. The third-order valence-electron chi connectivity index (χ3n) is 2.71. The van der Waals surface area contributed by atoms with Crippen LogP contribution in [0.1, 0.15) is 25.3 Å². The number of aliphatic carboxylic acids is 1. The maximum absolute atomic E-state index is 11.0. The minimum absolute atomic E-state index is 0.0187. The summed E-state index contributed by atoms with van der Waals surface area (Å²) in [6.07, 6.45) is 0.439. The molecule has 0 aliphatic carbocycles. The lowest BCUT2D eigenvalue weighted by molar-refractivity contribution is -0.386. The van der Waals surface area contributed by atoms with Gasteiger partial charge in [0.05, 0.1) is 4.92 Å². The van der Waals surface area contributed by atoms with E-state index in [2.05, 4.69) is 6.58 Å². The Morgan fingerprint density at radius 2 is 2.16 bits per heavy atom. The Morgan fingerprint density at radius 3 is 2.63 bits per heavy atom. The lowest BCUT2D eigenvalue weighted by Crippen LogP contribution is -2.24. The highest BCUT2D eigenvalue weighted by atomic mass is 16.6. The molecule has 102 valence electrons. The van der Waals surface area contributed by atoms with Crippen molar-refractivity contribution in [3.63, 3.8) is 0 Å². The minimum Gasteiger partial charge on any atom is -0.479 e. The van der Waals surface area contributed by atoms with Crippen molar-refractivity contribution in [2.75, 3.05) is 0 Å². The van der Waals surface area contributed by atoms with E-state index >= 15 is 0 Å². The van der Waals surface area contributed by atoms with Crippen LogP contribution >= 0.6 is 0 Å². The SMILES string of the molecule is C=CC(C)c1cccc([N+](=O)[O-])c1OC(C)C(=O)O. The number of hydrogen-bond acceptors (Lipinski definition) is 4. The van der Waals surface area contributed by atoms with Gasteiger partial charge in [-0.05, 0) is 6.92 Å². The van der Waals surface area contributed by atoms with Crippen LogP contribution in [-0.4, -0.2) is 22.1 Å². The number of carboxylic acid groups (broad SMARTS) is 1. The summed E-state index contributed by atoms with van der Waals surface area (Å²) in [4.78, 5) is 21.2. The number of nitro benzene ring substituents is 1. The van der Waals surface area contributed by atoms with Crippen LogP contribution in [0.5, 0.6) is 5.75 Å². The summed E-state index contributed by atoms with van der Waals surface area (Å²) in [5, 5.41) is 19.8. The van der Waals surface area contributed by atoms with Gasteiger partial charge in [-0.1, -0.05) is 25.1 Å². The van der Waals surface area contributed by atoms with Gasteiger partial charge in [-0.3, -0.25) is 10.1 Å². The smallest absolute Gasteiger partial charge is 0.344 e. The van der Waals surface area contributed by atoms with E-state index in [1.165, 1.54) is 19.1 Å². The maximum atomic E-state index is 11.0. The fourth-order valence-electron chi connectivity index (χ4n) is 1.53. The van der Waals surface area contributed by atoms with Gasteiger partial charge in [-0.2, -0.15) is 0 Å². The molecule has 2 unspecified atom stereocenters. The quantitative estimate of drug-likeness (QED) is 0.485. The van der Waals surface area contributed by atoms with Gasteiger partial charge in [0.2, 0.25) is 5.75 Å². The Morgan fingerprint density at radius 1 is 1.53 bits per heavy atom. The van der Waals surface area contributed by atoms with Gasteiger partial charge in [0, 0.05) is 17.5 Å². The van der Waals surface area contributed by atoms with Crippen LogP contribution in [0.15, 0.2) is 30.9 Å². The zero-order valence-electron chi connectivity index (χ0n) is 10.7. The fourth-order valence-corrected chi connectivity index (χ4v) is 1.53. The van der Waals surface area contributed by atoms with Crippen LogP contribution in [0.25, 0.3) is 0 Å². The molecule has 1 N–H and O–H groups in total. The molecule has 0 radical (unpaired) electrons. The summed E-state index contributed by atoms with van der Waals surface area (Å²) in [5.41, 5.74) is 0.289. The van der Waals surface area contributed by atoms with Crippen LogP contribution in [0.4, 0.5) is 5.69 Å². The molecule has 0 aliphatic heterocycles. The van der Waals surface area contributed by atoms with Crippen LogP contribution in [0, 0.1) is 10.1 Å². The molecular weight excluding hydrogens is 250 g/mol. The molecule has 0 bridgehead atoms. The van der Waals surface area contributed by atoms with E-state index < -0.39 is 17.0 Å². The third kappa shape index (κ3) is 3.31. The number of ether oxygens (including phenoxy) is 1. The number of carboxylic acids is 1. The molecule has 2 atom stereocenters. The molecule has 1 aromatic carbocycles. The predicted molar refractivity (Wildman–Crippen MR) is 69.4 cm³/mol. The lowest BCUT2D eigenvalue weighted by Gasteiger charge is -2.16. The molecule has 0 aliphatic rings. The first-order valence-corrected chi connectivity index (χ1v) is 5.67. The van der Waals surface area contributed by atoms with E-state index in [9.17, 15) is 14.9 Å². The second kappa shape index (κ2) is 5.99. The second-order valence-electron chi connectivity index (χ2n) is 4.08. The van der Waals surface area contributed by atoms with Gasteiger partial charge in [-0.25, -0.2) is 4.79 Å². The summed E-state index contributed by atoms with van der Waals surface area (Å²) < 4.78 is 5.23. The van der Waals surface area contributed by atoms with Crippen molar-refractivity contribution in [3.05, 3.63) is 46.5 Å². The summed E-state index contributed by atoms with van der Waals surface area (Å²) in [6.45, 7) is 6.74. The average Bonchev–Trinajstić information content (AvgIpc) is 2.37. The molecule has 0 spiro atoms. The fraction of sp³-hybridized carbons (Fsp3) is 0.308. The Labute approximate surface area is 110 Å². The number of nitro groups is 1. The predicted octanol–water partition coefficient (Wildman–Crippen LogP) is 2.74. The molecule has 19 heavy (non-hydrogen) atoms. The Hall–Kier alpha value is -2.37. The van der Waals surface area contributed by atoms with Gasteiger partial charge in [0.15, 0.2) is 6.10 Å². The van der Waals surface area contributed by atoms with Crippen LogP contribution < -0.4 is 4.74 Å². The van der Waals surface area contributed by atoms with E-state index in [1.807, 2.05) is 0 Å². The standard InChI is InChI=1S/C13H15NO5/c1-4-8(2)10-6-5-7-11(14(17)18)12(10)19-9(3)13(15)16/h4-9H,1H2,2-3H3,(H,15,16). The second-order valence-corrected chi connectivity index (χ2v) is 4.08. The van der Waals surface area contributed by atoms with E-state index in [0.717, 1.165) is 0 Å². The monoisotopic (exact) mass is 265 g/mol. The number of nitrogens with zero attached hydrogens (tertiary/aromatic N) is 1. The molecular formula is C13H15NO5. The molecule has 0 saturated heterocycles. The number of benzene rings is 1. The van der Waals surface area contributed by atoms with Gasteiger partial charge < -0.3 is 9.84 Å². The molecule has 0 fully saturated rings. The number of hydrogen-bond donors (Lipinski definition) is 1. The van der Waals surface area contributed by atoms with Crippen LogP contribution in [-0.2, 0) is 4.79 Å². The van der Waals surface area contributed by atoms with Crippen molar-refractivity contribution >= 4 is 11.7 Å². The van der Waals surface area contributed by atoms with Crippen molar-refractivity contribution in [1.29, 1.82) is 0 Å². The molecule has 6 heteroatoms. The zero-order valence-corrected chi connectivity index (χ0v) is 10.7. The lowest BCUT2D eigenvalue weighted by atomic mass is 9.99. The molecule has 0 heterocycles. The molecule has 6 nitrogen and oxygen atoms in total. The van der Waals surface area contributed by atoms with Crippen molar-refractivity contribution in [2.24, 2.45) is 0 Å².